The zero-order valence-corrected chi connectivity index (χ0v) is 20.9. The van der Waals surface area contributed by atoms with Crippen LogP contribution in [0.1, 0.15) is 25.0 Å². The molecule has 13 heteroatoms. The topological polar surface area (TPSA) is 101 Å². The van der Waals surface area contributed by atoms with Gasteiger partial charge >= 0.3 is 6.18 Å². The first-order valence-electron chi connectivity index (χ1n) is 10.8. The third kappa shape index (κ3) is 5.02. The van der Waals surface area contributed by atoms with Crippen LogP contribution in [0.2, 0.25) is 5.02 Å². The predicted octanol–water partition coefficient (Wildman–Crippen LogP) is 5.54. The van der Waals surface area contributed by atoms with Gasteiger partial charge in [-0.3, -0.25) is 9.55 Å². The van der Waals surface area contributed by atoms with Crippen molar-refractivity contribution in [3.05, 3.63) is 70.8 Å². The molecule has 7 nitrogen and oxygen atoms in total. The fourth-order valence-corrected chi connectivity index (χ4v) is 5.05. The summed E-state index contributed by atoms with van der Waals surface area (Å²) >= 11 is 5.98. The minimum Gasteiger partial charge on any atom is -0.291 e. The molecule has 0 amide bonds. The molecule has 1 aromatic carbocycles. The van der Waals surface area contributed by atoms with Gasteiger partial charge in [0.05, 0.1) is 27.5 Å². The molecule has 0 spiro atoms. The number of aryl methyl sites for hydroxylation is 1. The number of benzene rings is 1. The van der Waals surface area contributed by atoms with Crippen LogP contribution in [-0.4, -0.2) is 35.2 Å². The van der Waals surface area contributed by atoms with Crippen LogP contribution in [0.4, 0.5) is 17.6 Å². The van der Waals surface area contributed by atoms with Gasteiger partial charge in [0.1, 0.15) is 28.6 Å². The molecule has 1 atom stereocenters. The summed E-state index contributed by atoms with van der Waals surface area (Å²) in [4.78, 5) is 7.95. The standard InChI is InChI=1S/C24H18ClF4N5O2S/c1-3-14-8-21-17(9-19(14)26)18(10-30)23(34(21)22-7-4-15(25)11-32-22)20-6-5-16(12-31-20)37(35,36)33-13(2)24(27,28)29/h4-9,11-13,33H,3H2,1-2H3/t13-/m0/s1. The number of fused-ring (bicyclic) bond motifs is 1. The van der Waals surface area contributed by atoms with Crippen molar-refractivity contribution in [3.8, 4) is 23.3 Å². The van der Waals surface area contributed by atoms with Gasteiger partial charge in [0.25, 0.3) is 0 Å². The van der Waals surface area contributed by atoms with Gasteiger partial charge in [0, 0.05) is 17.8 Å². The molecule has 0 aliphatic rings. The average molecular weight is 552 g/mol. The Labute approximate surface area is 214 Å². The van der Waals surface area contributed by atoms with Crippen LogP contribution < -0.4 is 4.72 Å². The number of hydrogen-bond donors (Lipinski definition) is 1. The predicted molar refractivity (Wildman–Crippen MR) is 129 cm³/mol. The highest BCUT2D eigenvalue weighted by Gasteiger charge is 2.39. The molecule has 0 saturated carbocycles. The fraction of sp³-hybridized carbons (Fsp3) is 0.208. The number of pyridine rings is 2. The molecule has 3 heterocycles. The second-order valence-electron chi connectivity index (χ2n) is 8.08. The molecule has 4 aromatic rings. The number of nitrogens with one attached hydrogen (secondary N) is 1. The highest BCUT2D eigenvalue weighted by molar-refractivity contribution is 7.89. The van der Waals surface area contributed by atoms with Crippen LogP contribution in [0, 0.1) is 17.1 Å². The van der Waals surface area contributed by atoms with E-state index in [2.05, 4.69) is 16.0 Å². The number of alkyl halides is 3. The van der Waals surface area contributed by atoms with Crippen molar-refractivity contribution >= 4 is 32.5 Å². The largest absolute Gasteiger partial charge is 0.404 e. The number of nitrogens with zero attached hydrogens (tertiary/aromatic N) is 4. The van der Waals surface area contributed by atoms with Crippen LogP contribution in [-0.2, 0) is 16.4 Å². The second kappa shape index (κ2) is 9.74. The fourth-order valence-electron chi connectivity index (χ4n) is 3.76. The van der Waals surface area contributed by atoms with Crippen molar-refractivity contribution in [1.82, 2.24) is 19.3 Å². The van der Waals surface area contributed by atoms with Crippen molar-refractivity contribution in [2.45, 2.75) is 37.4 Å². The molecular weight excluding hydrogens is 534 g/mol. The first-order chi connectivity index (χ1) is 17.4. The van der Waals surface area contributed by atoms with E-state index in [1.165, 1.54) is 18.3 Å². The Kier molecular flexibility index (Phi) is 6.98. The molecule has 0 fully saturated rings. The van der Waals surface area contributed by atoms with E-state index >= 15 is 0 Å². The molecular formula is C24H18ClF4N5O2S. The van der Waals surface area contributed by atoms with Crippen LogP contribution in [0.25, 0.3) is 28.1 Å². The Morgan fingerprint density at radius 3 is 2.43 bits per heavy atom. The number of nitriles is 1. The summed E-state index contributed by atoms with van der Waals surface area (Å²) in [6, 6.07) is 8.06. The van der Waals surface area contributed by atoms with Gasteiger partial charge < -0.3 is 0 Å². The summed E-state index contributed by atoms with van der Waals surface area (Å²) in [6.45, 7) is 2.46. The van der Waals surface area contributed by atoms with Crippen molar-refractivity contribution < 1.29 is 26.0 Å². The Hall–Kier alpha value is -3.53. The molecule has 4 rings (SSSR count). The maximum atomic E-state index is 14.7. The van der Waals surface area contributed by atoms with Crippen LogP contribution in [0.3, 0.4) is 0 Å². The van der Waals surface area contributed by atoms with Gasteiger partial charge in [-0.2, -0.15) is 23.2 Å². The number of sulfonamides is 1. The zero-order valence-electron chi connectivity index (χ0n) is 19.3. The highest BCUT2D eigenvalue weighted by atomic mass is 35.5. The molecule has 37 heavy (non-hydrogen) atoms. The van der Waals surface area contributed by atoms with Gasteiger partial charge in [-0.05, 0) is 55.3 Å². The SMILES string of the molecule is CCc1cc2c(cc1F)c(C#N)c(-c1ccc(S(=O)(=O)N[C@@H](C)C(F)(F)F)cn1)n2-c1ccc(Cl)cn1. The molecule has 1 N–H and O–H groups in total. The zero-order chi connectivity index (χ0) is 27.1. The van der Waals surface area contributed by atoms with Crippen LogP contribution in [0.15, 0.2) is 53.7 Å². The van der Waals surface area contributed by atoms with Gasteiger partial charge in [-0.15, -0.1) is 0 Å². The Morgan fingerprint density at radius 2 is 1.89 bits per heavy atom. The van der Waals surface area contributed by atoms with E-state index in [0.717, 1.165) is 12.3 Å². The van der Waals surface area contributed by atoms with E-state index in [4.69, 9.17) is 11.6 Å². The molecule has 0 aliphatic carbocycles. The smallest absolute Gasteiger partial charge is 0.291 e. The van der Waals surface area contributed by atoms with Gasteiger partial charge in [0.2, 0.25) is 10.0 Å². The third-order valence-electron chi connectivity index (χ3n) is 5.68. The lowest BCUT2D eigenvalue weighted by Crippen LogP contribution is -2.42. The van der Waals surface area contributed by atoms with E-state index < -0.39 is 33.0 Å². The molecule has 0 saturated heterocycles. The summed E-state index contributed by atoms with van der Waals surface area (Å²) < 4.78 is 81.3. The minimum absolute atomic E-state index is 0.0558. The Balaban J connectivity index is 1.92. The van der Waals surface area contributed by atoms with E-state index in [1.807, 2.05) is 0 Å². The Bertz CT molecular complexity index is 1630. The Morgan fingerprint density at radius 1 is 1.16 bits per heavy atom. The van der Waals surface area contributed by atoms with E-state index in [0.29, 0.717) is 35.3 Å². The number of hydrogen-bond acceptors (Lipinski definition) is 5. The third-order valence-corrected chi connectivity index (χ3v) is 7.43. The maximum absolute atomic E-state index is 14.7. The summed E-state index contributed by atoms with van der Waals surface area (Å²) in [7, 11) is -4.54. The monoisotopic (exact) mass is 551 g/mol. The van der Waals surface area contributed by atoms with Crippen molar-refractivity contribution in [1.29, 1.82) is 5.26 Å². The maximum Gasteiger partial charge on any atom is 0.404 e. The van der Waals surface area contributed by atoms with E-state index in [1.54, 1.807) is 34.4 Å². The summed E-state index contributed by atoms with van der Waals surface area (Å²) in [5, 5.41) is 10.6. The molecule has 0 aliphatic heterocycles. The molecule has 192 valence electrons. The van der Waals surface area contributed by atoms with E-state index in [-0.39, 0.29) is 22.3 Å². The highest BCUT2D eigenvalue weighted by Crippen LogP contribution is 2.36. The lowest BCUT2D eigenvalue weighted by atomic mass is 10.1. The minimum atomic E-state index is -4.78. The van der Waals surface area contributed by atoms with Crippen molar-refractivity contribution in [3.63, 3.8) is 0 Å². The van der Waals surface area contributed by atoms with Crippen molar-refractivity contribution in [2.24, 2.45) is 0 Å². The molecule has 0 radical (unpaired) electrons. The average Bonchev–Trinajstić information content (AvgIpc) is 3.16. The van der Waals surface area contributed by atoms with Crippen LogP contribution in [0.5, 0.6) is 0 Å². The lowest BCUT2D eigenvalue weighted by Gasteiger charge is -2.17. The van der Waals surface area contributed by atoms with Crippen LogP contribution >= 0.6 is 11.6 Å². The lowest BCUT2D eigenvalue weighted by molar-refractivity contribution is -0.147. The second-order valence-corrected chi connectivity index (χ2v) is 10.2. The van der Waals surface area contributed by atoms with Gasteiger partial charge in [0.15, 0.2) is 0 Å². The number of rotatable bonds is 6. The number of halogens is 5. The molecule has 0 bridgehead atoms. The molecule has 3 aromatic heterocycles. The summed E-state index contributed by atoms with van der Waals surface area (Å²) in [5.74, 6) is -0.169. The quantitative estimate of drug-likeness (QED) is 0.317. The summed E-state index contributed by atoms with van der Waals surface area (Å²) in [5.41, 5.74) is 1.22. The van der Waals surface area contributed by atoms with E-state index in [9.17, 15) is 31.2 Å². The van der Waals surface area contributed by atoms with Crippen molar-refractivity contribution in [2.75, 3.05) is 0 Å². The van der Waals surface area contributed by atoms with Gasteiger partial charge in [-0.1, -0.05) is 18.5 Å². The normalized spacial score (nSPS) is 13.0. The first kappa shape index (κ1) is 26.5. The molecule has 0 unspecified atom stereocenters. The van der Waals surface area contributed by atoms with Gasteiger partial charge in [-0.25, -0.2) is 17.8 Å². The number of aromatic nitrogens is 3. The first-order valence-corrected chi connectivity index (χ1v) is 12.7. The summed E-state index contributed by atoms with van der Waals surface area (Å²) in [6.07, 6.45) is -2.12.